The molecule has 4 unspecified atom stereocenters. The molecule has 3 heteroatoms. The monoisotopic (exact) mass is 436 g/mol. The normalized spacial score (nSPS) is 29.5. The van der Waals surface area contributed by atoms with Crippen molar-refractivity contribution in [3.63, 3.8) is 0 Å². The van der Waals surface area contributed by atoms with Crippen molar-refractivity contribution in [2.75, 3.05) is 10.6 Å². The van der Waals surface area contributed by atoms with Crippen LogP contribution in [0.3, 0.4) is 0 Å². The van der Waals surface area contributed by atoms with E-state index in [9.17, 15) is 0 Å². The van der Waals surface area contributed by atoms with Gasteiger partial charge >= 0.3 is 0 Å². The van der Waals surface area contributed by atoms with Crippen molar-refractivity contribution >= 4 is 23.1 Å². The Bertz CT molecular complexity index is 863. The Kier molecular flexibility index (Phi) is 6.36. The van der Waals surface area contributed by atoms with E-state index in [2.05, 4.69) is 88.6 Å². The number of nitrogens with one attached hydrogen (secondary N) is 2. The zero-order valence-electron chi connectivity index (χ0n) is 20.3. The lowest BCUT2D eigenvalue weighted by atomic mass is 9.77. The third kappa shape index (κ3) is 4.49. The molecule has 168 valence electrons. The van der Waals surface area contributed by atoms with Gasteiger partial charge in [0.2, 0.25) is 0 Å². The molecule has 0 saturated carbocycles. The van der Waals surface area contributed by atoms with Gasteiger partial charge in [0, 0.05) is 32.2 Å². The fourth-order valence-electron chi connectivity index (χ4n) is 5.50. The Hall–Kier alpha value is -1.61. The predicted molar refractivity (Wildman–Crippen MR) is 137 cm³/mol. The van der Waals surface area contributed by atoms with Gasteiger partial charge in [-0.2, -0.15) is 0 Å². The Morgan fingerprint density at radius 2 is 1.16 bits per heavy atom. The molecule has 0 fully saturated rings. The van der Waals surface area contributed by atoms with E-state index in [1.54, 1.807) is 0 Å². The smallest absolute Gasteiger partial charge is 0.0380 e. The standard InChI is InChI=1S/C28H40N2S/c1-7-19-17-27(5,9-3)29-25-13-11-21(15-23(19)25)31-22-12-14-26-24(16-22)20(8-2)18-28(6,10-4)30-26/h11-16,19-20,29-30H,7-10,17-18H2,1-6H3. The van der Waals surface area contributed by atoms with Crippen LogP contribution in [-0.2, 0) is 0 Å². The quantitative estimate of drug-likeness (QED) is 0.473. The zero-order chi connectivity index (χ0) is 22.2. The van der Waals surface area contributed by atoms with Crippen molar-refractivity contribution in [3.8, 4) is 0 Å². The van der Waals surface area contributed by atoms with Gasteiger partial charge in [-0.1, -0.05) is 39.5 Å². The molecule has 0 aliphatic carbocycles. The third-order valence-electron chi connectivity index (χ3n) is 7.97. The Labute approximate surface area is 194 Å². The molecule has 0 bridgehead atoms. The summed E-state index contributed by atoms with van der Waals surface area (Å²) in [5.41, 5.74) is 6.12. The van der Waals surface area contributed by atoms with Crippen LogP contribution in [0.15, 0.2) is 46.2 Å². The largest absolute Gasteiger partial charge is 0.380 e. The average molecular weight is 437 g/mol. The van der Waals surface area contributed by atoms with Crippen LogP contribution in [0.4, 0.5) is 11.4 Å². The maximum atomic E-state index is 3.83. The molecule has 0 radical (unpaired) electrons. The molecule has 4 rings (SSSR count). The number of benzene rings is 2. The molecule has 2 aromatic carbocycles. The van der Waals surface area contributed by atoms with Gasteiger partial charge in [0.15, 0.2) is 0 Å². The van der Waals surface area contributed by atoms with Crippen LogP contribution in [0.25, 0.3) is 0 Å². The van der Waals surface area contributed by atoms with Crippen LogP contribution in [0.2, 0.25) is 0 Å². The molecule has 2 heterocycles. The molecule has 0 saturated heterocycles. The van der Waals surface area contributed by atoms with Crippen molar-refractivity contribution in [2.24, 2.45) is 0 Å². The van der Waals surface area contributed by atoms with Crippen molar-refractivity contribution in [2.45, 2.75) is 113 Å². The third-order valence-corrected chi connectivity index (χ3v) is 8.95. The van der Waals surface area contributed by atoms with Crippen LogP contribution in [0.5, 0.6) is 0 Å². The van der Waals surface area contributed by atoms with Crippen molar-refractivity contribution < 1.29 is 0 Å². The van der Waals surface area contributed by atoms with Gasteiger partial charge in [-0.25, -0.2) is 0 Å². The highest BCUT2D eigenvalue weighted by atomic mass is 32.2. The summed E-state index contributed by atoms with van der Waals surface area (Å²) in [5.74, 6) is 1.29. The van der Waals surface area contributed by atoms with E-state index >= 15 is 0 Å². The summed E-state index contributed by atoms with van der Waals surface area (Å²) < 4.78 is 0. The molecule has 2 N–H and O–H groups in total. The Balaban J connectivity index is 1.60. The van der Waals surface area contributed by atoms with Gasteiger partial charge < -0.3 is 10.6 Å². The predicted octanol–water partition coefficient (Wildman–Crippen LogP) is 8.79. The number of anilines is 2. The lowest BCUT2D eigenvalue weighted by Gasteiger charge is -2.41. The molecular weight excluding hydrogens is 396 g/mol. The van der Waals surface area contributed by atoms with Crippen molar-refractivity contribution in [3.05, 3.63) is 47.5 Å². The van der Waals surface area contributed by atoms with E-state index in [1.807, 2.05) is 11.8 Å². The zero-order valence-corrected chi connectivity index (χ0v) is 21.1. The summed E-state index contributed by atoms with van der Waals surface area (Å²) in [6, 6.07) is 14.1. The second kappa shape index (κ2) is 8.73. The second-order valence-corrected chi connectivity index (χ2v) is 11.4. The van der Waals surface area contributed by atoms with Crippen LogP contribution in [0.1, 0.15) is 103 Å². The first kappa shape index (κ1) is 22.6. The van der Waals surface area contributed by atoms with Crippen molar-refractivity contribution in [1.29, 1.82) is 0 Å². The highest BCUT2D eigenvalue weighted by Gasteiger charge is 2.34. The van der Waals surface area contributed by atoms with Gasteiger partial charge in [-0.3, -0.25) is 0 Å². The summed E-state index contributed by atoms with van der Waals surface area (Å²) in [6.45, 7) is 14.0. The topological polar surface area (TPSA) is 24.1 Å². The van der Waals surface area contributed by atoms with Gasteiger partial charge in [0.25, 0.3) is 0 Å². The molecular formula is C28H40N2S. The number of fused-ring (bicyclic) bond motifs is 2. The molecule has 2 aliphatic heterocycles. The summed E-state index contributed by atoms with van der Waals surface area (Å²) in [4.78, 5) is 2.71. The first-order valence-corrected chi connectivity index (χ1v) is 13.2. The van der Waals surface area contributed by atoms with Gasteiger partial charge in [-0.15, -0.1) is 0 Å². The first-order chi connectivity index (χ1) is 14.8. The highest BCUT2D eigenvalue weighted by molar-refractivity contribution is 7.99. The molecule has 4 atom stereocenters. The highest BCUT2D eigenvalue weighted by Crippen LogP contribution is 2.46. The molecule has 0 amide bonds. The van der Waals surface area contributed by atoms with Crippen molar-refractivity contribution in [1.82, 2.24) is 0 Å². The van der Waals surface area contributed by atoms with E-state index in [4.69, 9.17) is 0 Å². The van der Waals surface area contributed by atoms with E-state index in [0.29, 0.717) is 11.8 Å². The summed E-state index contributed by atoms with van der Waals surface area (Å²) in [7, 11) is 0. The fraction of sp³-hybridized carbons (Fsp3) is 0.571. The molecule has 2 aliphatic rings. The van der Waals surface area contributed by atoms with Crippen LogP contribution in [0, 0.1) is 0 Å². The minimum Gasteiger partial charge on any atom is -0.380 e. The number of hydrogen-bond donors (Lipinski definition) is 2. The molecule has 2 nitrogen and oxygen atoms in total. The van der Waals surface area contributed by atoms with E-state index in [1.165, 1.54) is 58.0 Å². The SMILES string of the molecule is CCC1CC(C)(CC)Nc2ccc(Sc3ccc4c(c3)C(CC)CC(C)(CC)N4)cc21. The van der Waals surface area contributed by atoms with E-state index in [0.717, 1.165) is 12.8 Å². The minimum atomic E-state index is 0.218. The average Bonchev–Trinajstić information content (AvgIpc) is 2.78. The number of rotatable bonds is 6. The fourth-order valence-corrected chi connectivity index (χ4v) is 6.42. The first-order valence-electron chi connectivity index (χ1n) is 12.3. The maximum absolute atomic E-state index is 3.83. The van der Waals surface area contributed by atoms with Gasteiger partial charge in [0.1, 0.15) is 0 Å². The van der Waals surface area contributed by atoms with Crippen LogP contribution >= 0.6 is 11.8 Å². The lowest BCUT2D eigenvalue weighted by Crippen LogP contribution is -2.39. The van der Waals surface area contributed by atoms with Crippen LogP contribution in [-0.4, -0.2) is 11.1 Å². The molecule has 2 aromatic rings. The lowest BCUT2D eigenvalue weighted by molar-refractivity contribution is 0.388. The summed E-state index contributed by atoms with van der Waals surface area (Å²) in [5, 5.41) is 7.66. The minimum absolute atomic E-state index is 0.218. The summed E-state index contributed by atoms with van der Waals surface area (Å²) >= 11 is 1.91. The second-order valence-electron chi connectivity index (χ2n) is 10.3. The molecule has 0 spiro atoms. The Morgan fingerprint density at radius 3 is 1.52 bits per heavy atom. The summed E-state index contributed by atoms with van der Waals surface area (Å²) in [6.07, 6.45) is 7.19. The van der Waals surface area contributed by atoms with Gasteiger partial charge in [0.05, 0.1) is 0 Å². The van der Waals surface area contributed by atoms with E-state index < -0.39 is 0 Å². The molecule has 31 heavy (non-hydrogen) atoms. The number of hydrogen-bond acceptors (Lipinski definition) is 3. The van der Waals surface area contributed by atoms with Gasteiger partial charge in [-0.05, 0) is 112 Å². The van der Waals surface area contributed by atoms with E-state index in [-0.39, 0.29) is 11.1 Å². The molecule has 0 aromatic heterocycles. The van der Waals surface area contributed by atoms with Crippen LogP contribution < -0.4 is 10.6 Å². The Morgan fingerprint density at radius 1 is 0.742 bits per heavy atom. The maximum Gasteiger partial charge on any atom is 0.0380 e.